The molecule has 0 heterocycles. The SMILES string of the molecule is Cl.NC(=O)CCC1(N)CC1. The molecule has 3 nitrogen and oxygen atoms in total. The highest BCUT2D eigenvalue weighted by Crippen LogP contribution is 2.36. The summed E-state index contributed by atoms with van der Waals surface area (Å²) in [6.07, 6.45) is 3.32. The van der Waals surface area contributed by atoms with Crippen LogP contribution in [0.25, 0.3) is 0 Å². The fourth-order valence-electron chi connectivity index (χ4n) is 0.783. The van der Waals surface area contributed by atoms with Gasteiger partial charge >= 0.3 is 0 Å². The van der Waals surface area contributed by atoms with Crippen LogP contribution < -0.4 is 11.5 Å². The smallest absolute Gasteiger partial charge is 0.217 e. The summed E-state index contributed by atoms with van der Waals surface area (Å²) in [5, 5.41) is 0. The summed E-state index contributed by atoms with van der Waals surface area (Å²) >= 11 is 0. The monoisotopic (exact) mass is 164 g/mol. The molecular formula is C6H13ClN2O. The zero-order valence-electron chi connectivity index (χ0n) is 5.80. The van der Waals surface area contributed by atoms with Crippen molar-refractivity contribution in [3.05, 3.63) is 0 Å². The zero-order valence-corrected chi connectivity index (χ0v) is 6.62. The maximum Gasteiger partial charge on any atom is 0.217 e. The summed E-state index contributed by atoms with van der Waals surface area (Å²) in [6, 6.07) is 0. The van der Waals surface area contributed by atoms with E-state index in [9.17, 15) is 4.79 Å². The predicted octanol–water partition coefficient (Wildman–Crippen LogP) is 0.165. The Hall–Kier alpha value is -0.280. The van der Waals surface area contributed by atoms with E-state index in [-0.39, 0.29) is 23.9 Å². The van der Waals surface area contributed by atoms with Crippen LogP contribution in [-0.4, -0.2) is 11.4 Å². The van der Waals surface area contributed by atoms with E-state index in [0.29, 0.717) is 6.42 Å². The number of nitrogens with two attached hydrogens (primary N) is 2. The lowest BCUT2D eigenvalue weighted by molar-refractivity contribution is -0.118. The molecule has 0 aromatic rings. The van der Waals surface area contributed by atoms with Gasteiger partial charge in [0.1, 0.15) is 0 Å². The quantitative estimate of drug-likeness (QED) is 0.624. The molecule has 1 fully saturated rings. The summed E-state index contributed by atoms with van der Waals surface area (Å²) in [4.78, 5) is 10.2. The fourth-order valence-corrected chi connectivity index (χ4v) is 0.783. The maximum absolute atomic E-state index is 10.2. The van der Waals surface area contributed by atoms with E-state index < -0.39 is 0 Å². The van der Waals surface area contributed by atoms with Gasteiger partial charge in [-0.05, 0) is 19.3 Å². The van der Waals surface area contributed by atoms with Crippen LogP contribution >= 0.6 is 12.4 Å². The van der Waals surface area contributed by atoms with E-state index in [1.54, 1.807) is 0 Å². The Morgan fingerprint density at radius 3 is 2.30 bits per heavy atom. The topological polar surface area (TPSA) is 69.1 Å². The van der Waals surface area contributed by atoms with Crippen molar-refractivity contribution in [1.82, 2.24) is 0 Å². The van der Waals surface area contributed by atoms with Crippen LogP contribution in [0.15, 0.2) is 0 Å². The Morgan fingerprint density at radius 2 is 2.00 bits per heavy atom. The van der Waals surface area contributed by atoms with Gasteiger partial charge < -0.3 is 11.5 Å². The minimum Gasteiger partial charge on any atom is -0.370 e. The lowest BCUT2D eigenvalue weighted by Crippen LogP contribution is -2.24. The van der Waals surface area contributed by atoms with Crippen LogP contribution in [0.5, 0.6) is 0 Å². The van der Waals surface area contributed by atoms with Crippen LogP contribution in [0.3, 0.4) is 0 Å². The van der Waals surface area contributed by atoms with Crippen LogP contribution in [0.2, 0.25) is 0 Å². The fraction of sp³-hybridized carbons (Fsp3) is 0.833. The molecule has 0 aromatic heterocycles. The third kappa shape index (κ3) is 3.03. The number of carbonyl (C=O) groups is 1. The number of carbonyl (C=O) groups excluding carboxylic acids is 1. The maximum atomic E-state index is 10.2. The average molecular weight is 165 g/mol. The summed E-state index contributed by atoms with van der Waals surface area (Å²) in [5.74, 6) is -0.244. The molecule has 4 heteroatoms. The molecule has 1 rings (SSSR count). The lowest BCUT2D eigenvalue weighted by atomic mass is 10.1. The van der Waals surface area contributed by atoms with Crippen LogP contribution in [0.1, 0.15) is 25.7 Å². The first-order chi connectivity index (χ1) is 4.12. The molecule has 4 N–H and O–H groups in total. The molecule has 1 aliphatic rings. The highest BCUT2D eigenvalue weighted by molar-refractivity contribution is 5.85. The average Bonchev–Trinajstić information content (AvgIpc) is 2.45. The first kappa shape index (κ1) is 9.72. The van der Waals surface area contributed by atoms with Crippen LogP contribution in [0.4, 0.5) is 0 Å². The Labute approximate surface area is 66.6 Å². The van der Waals surface area contributed by atoms with Crippen molar-refractivity contribution >= 4 is 18.3 Å². The molecule has 0 aliphatic heterocycles. The molecule has 0 unspecified atom stereocenters. The Balaban J connectivity index is 0.000000810. The van der Waals surface area contributed by atoms with Gasteiger partial charge in [-0.15, -0.1) is 12.4 Å². The summed E-state index contributed by atoms with van der Waals surface area (Å²) in [7, 11) is 0. The van der Waals surface area contributed by atoms with Gasteiger partial charge in [-0.2, -0.15) is 0 Å². The van der Waals surface area contributed by atoms with E-state index in [1.807, 2.05) is 0 Å². The first-order valence-corrected chi connectivity index (χ1v) is 3.20. The van der Waals surface area contributed by atoms with Gasteiger partial charge in [0.15, 0.2) is 0 Å². The first-order valence-electron chi connectivity index (χ1n) is 3.20. The molecule has 0 atom stereocenters. The number of rotatable bonds is 3. The third-order valence-corrected chi connectivity index (χ3v) is 1.76. The van der Waals surface area contributed by atoms with E-state index in [0.717, 1.165) is 19.3 Å². The Morgan fingerprint density at radius 1 is 1.50 bits per heavy atom. The van der Waals surface area contributed by atoms with Gasteiger partial charge in [0, 0.05) is 12.0 Å². The molecule has 0 saturated heterocycles. The largest absolute Gasteiger partial charge is 0.370 e. The molecule has 10 heavy (non-hydrogen) atoms. The van der Waals surface area contributed by atoms with Crippen LogP contribution in [0, 0.1) is 0 Å². The van der Waals surface area contributed by atoms with Crippen molar-refractivity contribution in [2.45, 2.75) is 31.2 Å². The highest BCUT2D eigenvalue weighted by atomic mass is 35.5. The Kier molecular flexibility index (Phi) is 3.12. The van der Waals surface area contributed by atoms with Gasteiger partial charge in [0.2, 0.25) is 5.91 Å². The molecule has 1 aliphatic carbocycles. The lowest BCUT2D eigenvalue weighted by Gasteiger charge is -2.03. The van der Waals surface area contributed by atoms with E-state index in [4.69, 9.17) is 11.5 Å². The molecule has 60 valence electrons. The van der Waals surface area contributed by atoms with E-state index in [1.165, 1.54) is 0 Å². The molecule has 1 saturated carbocycles. The molecule has 0 spiro atoms. The minimum atomic E-state index is -0.244. The number of primary amides is 1. The van der Waals surface area contributed by atoms with Gasteiger partial charge in [-0.25, -0.2) is 0 Å². The van der Waals surface area contributed by atoms with Gasteiger partial charge in [-0.3, -0.25) is 4.79 Å². The van der Waals surface area contributed by atoms with Crippen molar-refractivity contribution in [1.29, 1.82) is 0 Å². The van der Waals surface area contributed by atoms with E-state index in [2.05, 4.69) is 0 Å². The van der Waals surface area contributed by atoms with Crippen LogP contribution in [-0.2, 0) is 4.79 Å². The number of hydrogen-bond acceptors (Lipinski definition) is 2. The number of hydrogen-bond donors (Lipinski definition) is 2. The van der Waals surface area contributed by atoms with Gasteiger partial charge in [-0.1, -0.05) is 0 Å². The van der Waals surface area contributed by atoms with Crippen molar-refractivity contribution in [2.24, 2.45) is 11.5 Å². The normalized spacial score (nSPS) is 19.3. The Bertz CT molecular complexity index is 134. The number of amides is 1. The minimum absolute atomic E-state index is 0. The van der Waals surface area contributed by atoms with Crippen molar-refractivity contribution in [3.63, 3.8) is 0 Å². The highest BCUT2D eigenvalue weighted by Gasteiger charge is 2.37. The second-order valence-electron chi connectivity index (χ2n) is 2.83. The molecule has 1 amide bonds. The van der Waals surface area contributed by atoms with E-state index >= 15 is 0 Å². The molecular weight excluding hydrogens is 152 g/mol. The molecule has 0 radical (unpaired) electrons. The summed E-state index contributed by atoms with van der Waals surface area (Å²) in [6.45, 7) is 0. The van der Waals surface area contributed by atoms with Gasteiger partial charge in [0.05, 0.1) is 0 Å². The van der Waals surface area contributed by atoms with Gasteiger partial charge in [0.25, 0.3) is 0 Å². The number of halogens is 1. The van der Waals surface area contributed by atoms with Crippen molar-refractivity contribution in [2.75, 3.05) is 0 Å². The second kappa shape index (κ2) is 3.21. The molecule has 0 aromatic carbocycles. The summed E-state index contributed by atoms with van der Waals surface area (Å²) < 4.78 is 0. The second-order valence-corrected chi connectivity index (χ2v) is 2.83. The molecule has 0 bridgehead atoms. The third-order valence-electron chi connectivity index (χ3n) is 1.76. The van der Waals surface area contributed by atoms with Crippen molar-refractivity contribution < 1.29 is 4.79 Å². The summed E-state index contributed by atoms with van der Waals surface area (Å²) in [5.41, 5.74) is 10.6. The zero-order chi connectivity index (χ0) is 6.91. The van der Waals surface area contributed by atoms with Crippen molar-refractivity contribution in [3.8, 4) is 0 Å². The predicted molar refractivity (Wildman–Crippen MR) is 41.8 cm³/mol. The standard InChI is InChI=1S/C6H12N2O.ClH/c7-5(9)1-2-6(8)3-4-6;/h1-4,8H2,(H2,7,9);1H.